The molecule has 220 valence electrons. The van der Waals surface area contributed by atoms with E-state index in [0.717, 1.165) is 46.8 Å². The first kappa shape index (κ1) is 28.6. The van der Waals surface area contributed by atoms with Crippen molar-refractivity contribution in [2.75, 3.05) is 37.0 Å². The number of fused-ring (bicyclic) bond motifs is 6. The lowest BCUT2D eigenvalue weighted by atomic mass is 9.77. The number of hydrogen-bond donors (Lipinski definition) is 0. The SMILES string of the molecule is CCN(CC)c1ccc2c(c1)Oc1cc(N(C)c3ccc(CCC(=O)OC)cc3)c(Cl)cc1C21OC(=O)c2ccccc21. The summed E-state index contributed by atoms with van der Waals surface area (Å²) < 4.78 is 17.7. The zero-order valence-electron chi connectivity index (χ0n) is 24.6. The number of anilines is 3. The molecule has 2 heterocycles. The maximum absolute atomic E-state index is 13.3. The summed E-state index contributed by atoms with van der Waals surface area (Å²) in [6.07, 6.45) is 0.924. The van der Waals surface area contributed by atoms with Gasteiger partial charge in [0.1, 0.15) is 11.5 Å². The van der Waals surface area contributed by atoms with Gasteiger partial charge in [0, 0.05) is 66.8 Å². The van der Waals surface area contributed by atoms with Crippen LogP contribution in [0.2, 0.25) is 5.02 Å². The number of esters is 2. The molecule has 2 aliphatic rings. The normalized spacial score (nSPS) is 16.1. The Labute approximate surface area is 256 Å². The molecule has 0 amide bonds. The van der Waals surface area contributed by atoms with Crippen LogP contribution < -0.4 is 14.5 Å². The van der Waals surface area contributed by atoms with E-state index in [1.807, 2.05) is 78.7 Å². The van der Waals surface area contributed by atoms with Crippen molar-refractivity contribution in [2.45, 2.75) is 32.3 Å². The molecule has 7 nitrogen and oxygen atoms in total. The van der Waals surface area contributed by atoms with E-state index in [4.69, 9.17) is 25.8 Å². The molecule has 1 atom stereocenters. The Kier molecular flexibility index (Phi) is 7.52. The second-order valence-corrected chi connectivity index (χ2v) is 11.1. The number of hydrogen-bond acceptors (Lipinski definition) is 7. The Morgan fingerprint density at radius 2 is 1.58 bits per heavy atom. The maximum atomic E-state index is 13.3. The minimum Gasteiger partial charge on any atom is -0.469 e. The standard InChI is InChI=1S/C35H33ClN2O5/c1-5-38(6-2)24-16-17-27-31(19-24)42-32-21-30(37(3)23-14-11-22(12-15-23)13-18-33(39)41-4)29(36)20-28(32)35(27)26-10-8-7-9-25(26)34(40)43-35/h7-12,14-17,19-21H,5-6,13,18H2,1-4H3. The number of methoxy groups -OCH3 is 1. The van der Waals surface area contributed by atoms with Gasteiger partial charge in [-0.3, -0.25) is 4.79 Å². The topological polar surface area (TPSA) is 68.3 Å². The Morgan fingerprint density at radius 1 is 0.884 bits per heavy atom. The molecule has 0 radical (unpaired) electrons. The lowest BCUT2D eigenvalue weighted by Gasteiger charge is -2.38. The molecule has 4 aromatic rings. The lowest BCUT2D eigenvalue weighted by Crippen LogP contribution is -2.33. The van der Waals surface area contributed by atoms with E-state index in [1.165, 1.54) is 7.11 Å². The molecule has 8 heteroatoms. The van der Waals surface area contributed by atoms with Crippen LogP contribution in [0.4, 0.5) is 17.1 Å². The highest BCUT2D eigenvalue weighted by Crippen LogP contribution is 2.58. The van der Waals surface area contributed by atoms with Gasteiger partial charge < -0.3 is 24.0 Å². The first-order chi connectivity index (χ1) is 20.8. The zero-order valence-corrected chi connectivity index (χ0v) is 25.4. The molecule has 0 saturated carbocycles. The van der Waals surface area contributed by atoms with Gasteiger partial charge in [0.2, 0.25) is 0 Å². The monoisotopic (exact) mass is 596 g/mol. The van der Waals surface area contributed by atoms with E-state index in [0.29, 0.717) is 40.5 Å². The van der Waals surface area contributed by atoms with Crippen LogP contribution in [0.25, 0.3) is 0 Å². The predicted molar refractivity (Wildman–Crippen MR) is 168 cm³/mol. The van der Waals surface area contributed by atoms with Gasteiger partial charge in [-0.1, -0.05) is 41.9 Å². The third-order valence-corrected chi connectivity index (χ3v) is 8.73. The van der Waals surface area contributed by atoms with Gasteiger partial charge in [-0.05, 0) is 62.2 Å². The fourth-order valence-corrected chi connectivity index (χ4v) is 6.38. The summed E-state index contributed by atoms with van der Waals surface area (Å²) in [5.74, 6) is 0.579. The Morgan fingerprint density at radius 3 is 2.30 bits per heavy atom. The Balaban J connectivity index is 1.44. The second kappa shape index (κ2) is 11.3. The van der Waals surface area contributed by atoms with Crippen LogP contribution in [0.3, 0.4) is 0 Å². The third-order valence-electron chi connectivity index (χ3n) is 8.42. The smallest absolute Gasteiger partial charge is 0.340 e. The van der Waals surface area contributed by atoms with Crippen LogP contribution in [-0.4, -0.2) is 39.2 Å². The molecule has 0 bridgehead atoms. The average Bonchev–Trinajstić information content (AvgIpc) is 3.33. The van der Waals surface area contributed by atoms with Crippen molar-refractivity contribution >= 4 is 40.6 Å². The van der Waals surface area contributed by atoms with Crippen molar-refractivity contribution in [3.05, 3.63) is 112 Å². The number of benzene rings is 4. The predicted octanol–water partition coefficient (Wildman–Crippen LogP) is 7.63. The minimum atomic E-state index is -1.19. The molecular weight excluding hydrogens is 564 g/mol. The summed E-state index contributed by atoms with van der Waals surface area (Å²) in [7, 11) is 3.33. The molecule has 43 heavy (non-hydrogen) atoms. The Hall–Kier alpha value is -4.49. The van der Waals surface area contributed by atoms with Gasteiger partial charge in [-0.2, -0.15) is 0 Å². The van der Waals surface area contributed by atoms with Crippen LogP contribution in [-0.2, 0) is 26.3 Å². The van der Waals surface area contributed by atoms with E-state index in [1.54, 1.807) is 6.07 Å². The van der Waals surface area contributed by atoms with Crippen LogP contribution in [0, 0.1) is 0 Å². The van der Waals surface area contributed by atoms with Gasteiger partial charge >= 0.3 is 11.9 Å². The zero-order chi connectivity index (χ0) is 30.3. The number of aryl methyl sites for hydroxylation is 1. The molecule has 0 saturated heterocycles. The number of halogens is 1. The number of carbonyl (C=O) groups is 2. The number of ether oxygens (including phenoxy) is 3. The van der Waals surface area contributed by atoms with Crippen molar-refractivity contribution < 1.29 is 23.8 Å². The van der Waals surface area contributed by atoms with E-state index >= 15 is 0 Å². The highest BCUT2D eigenvalue weighted by atomic mass is 35.5. The molecule has 0 N–H and O–H groups in total. The van der Waals surface area contributed by atoms with Gasteiger partial charge in [-0.25, -0.2) is 4.79 Å². The number of carbonyl (C=O) groups excluding carboxylic acids is 2. The van der Waals surface area contributed by atoms with Crippen LogP contribution in [0.5, 0.6) is 11.5 Å². The first-order valence-electron chi connectivity index (χ1n) is 14.4. The van der Waals surface area contributed by atoms with Crippen molar-refractivity contribution in [2.24, 2.45) is 0 Å². The van der Waals surface area contributed by atoms with E-state index in [9.17, 15) is 9.59 Å². The summed E-state index contributed by atoms with van der Waals surface area (Å²) in [6.45, 7) is 5.93. The van der Waals surface area contributed by atoms with Crippen molar-refractivity contribution in [1.29, 1.82) is 0 Å². The summed E-state index contributed by atoms with van der Waals surface area (Å²) in [5, 5.41) is 0.489. The molecule has 0 aromatic heterocycles. The van der Waals surface area contributed by atoms with Gasteiger partial charge in [0.25, 0.3) is 0 Å². The fraction of sp³-hybridized carbons (Fsp3) is 0.257. The number of rotatable bonds is 8. The molecule has 1 unspecified atom stereocenters. The summed E-state index contributed by atoms with van der Waals surface area (Å²) >= 11 is 7.00. The molecule has 4 aromatic carbocycles. The van der Waals surface area contributed by atoms with Crippen LogP contribution in [0.1, 0.15) is 52.9 Å². The van der Waals surface area contributed by atoms with Crippen LogP contribution >= 0.6 is 11.6 Å². The van der Waals surface area contributed by atoms with E-state index < -0.39 is 5.60 Å². The first-order valence-corrected chi connectivity index (χ1v) is 14.8. The molecule has 6 rings (SSSR count). The molecule has 2 aliphatic heterocycles. The summed E-state index contributed by atoms with van der Waals surface area (Å²) in [5.41, 5.74) is 5.24. The maximum Gasteiger partial charge on any atom is 0.340 e. The van der Waals surface area contributed by atoms with Crippen molar-refractivity contribution in [1.82, 2.24) is 0 Å². The average molecular weight is 597 g/mol. The molecule has 0 fully saturated rings. The van der Waals surface area contributed by atoms with Gasteiger partial charge in [-0.15, -0.1) is 0 Å². The minimum absolute atomic E-state index is 0.235. The van der Waals surface area contributed by atoms with E-state index in [-0.39, 0.29) is 11.9 Å². The number of nitrogens with zero attached hydrogens (tertiary/aromatic N) is 2. The Bertz CT molecular complexity index is 1720. The third kappa shape index (κ3) is 4.78. The quantitative estimate of drug-likeness (QED) is 0.194. The van der Waals surface area contributed by atoms with Crippen molar-refractivity contribution in [3.63, 3.8) is 0 Å². The molecular formula is C35H33ClN2O5. The summed E-state index contributed by atoms with van der Waals surface area (Å²) in [4.78, 5) is 29.0. The summed E-state index contributed by atoms with van der Waals surface area (Å²) in [6, 6.07) is 25.3. The highest BCUT2D eigenvalue weighted by molar-refractivity contribution is 6.33. The largest absolute Gasteiger partial charge is 0.469 e. The van der Waals surface area contributed by atoms with Gasteiger partial charge in [0.05, 0.1) is 23.4 Å². The lowest BCUT2D eigenvalue weighted by molar-refractivity contribution is -0.140. The van der Waals surface area contributed by atoms with Crippen molar-refractivity contribution in [3.8, 4) is 11.5 Å². The fourth-order valence-electron chi connectivity index (χ4n) is 6.09. The molecule has 1 spiro atoms. The van der Waals surface area contributed by atoms with Gasteiger partial charge in [0.15, 0.2) is 5.60 Å². The highest BCUT2D eigenvalue weighted by Gasteiger charge is 2.53. The van der Waals surface area contributed by atoms with Crippen LogP contribution in [0.15, 0.2) is 78.9 Å². The second-order valence-electron chi connectivity index (χ2n) is 10.7. The molecule has 0 aliphatic carbocycles. The van der Waals surface area contributed by atoms with E-state index in [2.05, 4.69) is 24.8 Å².